The van der Waals surface area contributed by atoms with Crippen molar-refractivity contribution >= 4 is 5.78 Å². The number of fused-ring (bicyclic) bond motifs is 1. The van der Waals surface area contributed by atoms with Gasteiger partial charge in [-0.1, -0.05) is 0 Å². The minimum atomic E-state index is 0.0679. The van der Waals surface area contributed by atoms with E-state index in [1.54, 1.807) is 10.9 Å². The molecule has 0 aliphatic carbocycles. The molecule has 0 aromatic carbocycles. The van der Waals surface area contributed by atoms with Crippen LogP contribution in [0.2, 0.25) is 0 Å². The number of rotatable bonds is 1. The number of hydrogen-bond donors (Lipinski definition) is 1. The summed E-state index contributed by atoms with van der Waals surface area (Å²) in [5.74, 6) is 0.0679. The molecule has 2 aromatic heterocycles. The van der Waals surface area contributed by atoms with Crippen molar-refractivity contribution in [2.45, 2.75) is 20.4 Å². The van der Waals surface area contributed by atoms with Crippen LogP contribution in [0, 0.1) is 13.8 Å². The Hall–Kier alpha value is -1.95. The number of oxazole rings is 1. The van der Waals surface area contributed by atoms with Crippen molar-refractivity contribution in [1.29, 1.82) is 0 Å². The number of nitrogens with one attached hydrogen (secondary N) is 1. The molecule has 0 fully saturated rings. The average molecular weight is 232 g/mol. The van der Waals surface area contributed by atoms with Crippen LogP contribution >= 0.6 is 0 Å². The first kappa shape index (κ1) is 10.2. The Morgan fingerprint density at radius 2 is 2.24 bits per heavy atom. The molecular formula is C11H12N4O2. The van der Waals surface area contributed by atoms with Crippen LogP contribution in [0.5, 0.6) is 0 Å². The number of aryl methyl sites for hydroxylation is 1. The third-order valence-electron chi connectivity index (χ3n) is 2.83. The highest BCUT2D eigenvalue weighted by Crippen LogP contribution is 2.20. The van der Waals surface area contributed by atoms with Crippen LogP contribution in [0.4, 0.5) is 0 Å². The van der Waals surface area contributed by atoms with Crippen LogP contribution < -0.4 is 5.32 Å². The van der Waals surface area contributed by atoms with Crippen molar-refractivity contribution < 1.29 is 9.21 Å². The Labute approximate surface area is 97.6 Å². The number of hydrogen-bond acceptors (Lipinski definition) is 5. The Bertz CT molecular complexity index is 597. The van der Waals surface area contributed by atoms with Gasteiger partial charge < -0.3 is 9.73 Å². The van der Waals surface area contributed by atoms with Gasteiger partial charge in [0.15, 0.2) is 5.78 Å². The molecule has 3 heterocycles. The van der Waals surface area contributed by atoms with E-state index in [2.05, 4.69) is 15.4 Å². The molecule has 0 unspecified atom stereocenters. The lowest BCUT2D eigenvalue weighted by Crippen LogP contribution is -2.29. The number of carbonyl (C=O) groups excluding carboxylic acids is 1. The van der Waals surface area contributed by atoms with Crippen molar-refractivity contribution in [3.63, 3.8) is 0 Å². The number of aromatic nitrogens is 3. The van der Waals surface area contributed by atoms with E-state index in [0.29, 0.717) is 24.7 Å². The highest BCUT2D eigenvalue weighted by atomic mass is 16.4. The lowest BCUT2D eigenvalue weighted by atomic mass is 10.1. The molecule has 0 bridgehead atoms. The van der Waals surface area contributed by atoms with E-state index in [1.165, 1.54) is 0 Å². The molecule has 0 saturated carbocycles. The maximum absolute atomic E-state index is 11.8. The summed E-state index contributed by atoms with van der Waals surface area (Å²) in [5, 5.41) is 7.37. The van der Waals surface area contributed by atoms with Crippen LogP contribution in [-0.4, -0.2) is 27.1 Å². The standard InChI is InChI=1S/C11H12N4O2/c1-6-5-17-11(13-6)15-7(2)10-8(14-15)3-12-4-9(10)16/h5,12H,3-4H2,1-2H3. The summed E-state index contributed by atoms with van der Waals surface area (Å²) in [5.41, 5.74) is 3.03. The highest BCUT2D eigenvalue weighted by molar-refractivity contribution is 6.00. The number of carbonyl (C=O) groups is 1. The van der Waals surface area contributed by atoms with Gasteiger partial charge in [-0.05, 0) is 13.8 Å². The van der Waals surface area contributed by atoms with Crippen molar-refractivity contribution in [3.05, 3.63) is 28.9 Å². The van der Waals surface area contributed by atoms with Gasteiger partial charge in [0.25, 0.3) is 0 Å². The lowest BCUT2D eigenvalue weighted by Gasteiger charge is -2.09. The van der Waals surface area contributed by atoms with E-state index in [-0.39, 0.29) is 5.78 Å². The van der Waals surface area contributed by atoms with E-state index in [4.69, 9.17) is 4.42 Å². The van der Waals surface area contributed by atoms with Crippen molar-refractivity contribution in [3.8, 4) is 6.01 Å². The van der Waals surface area contributed by atoms with Crippen LogP contribution in [0.3, 0.4) is 0 Å². The maximum Gasteiger partial charge on any atom is 0.323 e. The summed E-state index contributed by atoms with van der Waals surface area (Å²) in [4.78, 5) is 16.0. The van der Waals surface area contributed by atoms with E-state index in [1.807, 2.05) is 13.8 Å². The fraction of sp³-hybridized carbons (Fsp3) is 0.364. The first-order chi connectivity index (χ1) is 8.16. The average Bonchev–Trinajstić information content (AvgIpc) is 2.84. The summed E-state index contributed by atoms with van der Waals surface area (Å²) in [6, 6.07) is 0.405. The van der Waals surface area contributed by atoms with E-state index in [9.17, 15) is 4.79 Å². The second-order valence-corrected chi connectivity index (χ2v) is 4.12. The predicted molar refractivity (Wildman–Crippen MR) is 59.1 cm³/mol. The maximum atomic E-state index is 11.8. The highest BCUT2D eigenvalue weighted by Gasteiger charge is 2.25. The molecule has 0 saturated heterocycles. The first-order valence-electron chi connectivity index (χ1n) is 5.41. The van der Waals surface area contributed by atoms with Gasteiger partial charge in [0.2, 0.25) is 0 Å². The first-order valence-corrected chi connectivity index (χ1v) is 5.41. The fourth-order valence-electron chi connectivity index (χ4n) is 2.05. The molecule has 6 nitrogen and oxygen atoms in total. The Morgan fingerprint density at radius 3 is 2.88 bits per heavy atom. The molecule has 17 heavy (non-hydrogen) atoms. The van der Waals surface area contributed by atoms with Crippen molar-refractivity contribution in [2.75, 3.05) is 6.54 Å². The SMILES string of the molecule is Cc1coc(-n2nc3c(c2C)C(=O)CNC3)n1. The summed E-state index contributed by atoms with van der Waals surface area (Å²) in [6.45, 7) is 4.67. The molecule has 2 aromatic rings. The molecule has 1 N–H and O–H groups in total. The van der Waals surface area contributed by atoms with Crippen molar-refractivity contribution in [1.82, 2.24) is 20.1 Å². The van der Waals surface area contributed by atoms with Crippen LogP contribution in [0.25, 0.3) is 6.01 Å². The molecule has 1 aliphatic heterocycles. The third kappa shape index (κ3) is 1.49. The largest absolute Gasteiger partial charge is 0.430 e. The molecule has 0 radical (unpaired) electrons. The Morgan fingerprint density at radius 1 is 1.41 bits per heavy atom. The molecule has 1 aliphatic rings. The van der Waals surface area contributed by atoms with Crippen LogP contribution in [-0.2, 0) is 6.54 Å². The van der Waals surface area contributed by atoms with Gasteiger partial charge in [-0.25, -0.2) is 0 Å². The number of nitrogens with zero attached hydrogens (tertiary/aromatic N) is 3. The number of ketones is 1. The van der Waals surface area contributed by atoms with E-state index < -0.39 is 0 Å². The van der Waals surface area contributed by atoms with Gasteiger partial charge in [0.1, 0.15) is 6.26 Å². The van der Waals surface area contributed by atoms with Crippen LogP contribution in [0.1, 0.15) is 27.4 Å². The number of Topliss-reactive ketones (excluding diaryl/α,β-unsaturated/α-hetero) is 1. The fourth-order valence-corrected chi connectivity index (χ4v) is 2.05. The summed E-state index contributed by atoms with van der Waals surface area (Å²) in [7, 11) is 0. The topological polar surface area (TPSA) is 73.0 Å². The summed E-state index contributed by atoms with van der Waals surface area (Å²) in [6.07, 6.45) is 1.56. The Kier molecular flexibility index (Phi) is 2.12. The summed E-state index contributed by atoms with van der Waals surface area (Å²) >= 11 is 0. The minimum Gasteiger partial charge on any atom is -0.430 e. The molecule has 3 rings (SSSR count). The van der Waals surface area contributed by atoms with Gasteiger partial charge >= 0.3 is 6.01 Å². The Balaban J connectivity index is 2.16. The molecule has 0 amide bonds. The molecule has 6 heteroatoms. The molecule has 0 atom stereocenters. The zero-order valence-corrected chi connectivity index (χ0v) is 9.65. The van der Waals surface area contributed by atoms with E-state index in [0.717, 1.165) is 17.1 Å². The quantitative estimate of drug-likeness (QED) is 0.786. The zero-order valence-electron chi connectivity index (χ0n) is 9.65. The van der Waals surface area contributed by atoms with Gasteiger partial charge in [-0.15, -0.1) is 0 Å². The predicted octanol–water partition coefficient (Wildman–Crippen LogP) is 0.763. The van der Waals surface area contributed by atoms with Gasteiger partial charge in [0.05, 0.1) is 29.2 Å². The van der Waals surface area contributed by atoms with Crippen molar-refractivity contribution in [2.24, 2.45) is 0 Å². The second kappa shape index (κ2) is 3.53. The second-order valence-electron chi connectivity index (χ2n) is 4.12. The summed E-state index contributed by atoms with van der Waals surface area (Å²) < 4.78 is 6.89. The molecule has 88 valence electrons. The smallest absolute Gasteiger partial charge is 0.323 e. The third-order valence-corrected chi connectivity index (χ3v) is 2.83. The molecular weight excluding hydrogens is 220 g/mol. The van der Waals surface area contributed by atoms with Gasteiger partial charge in [-0.2, -0.15) is 14.8 Å². The van der Waals surface area contributed by atoms with Crippen LogP contribution in [0.15, 0.2) is 10.7 Å². The van der Waals surface area contributed by atoms with Gasteiger partial charge in [-0.3, -0.25) is 4.79 Å². The zero-order chi connectivity index (χ0) is 12.0. The van der Waals surface area contributed by atoms with E-state index >= 15 is 0 Å². The normalized spacial score (nSPS) is 15.1. The van der Waals surface area contributed by atoms with Gasteiger partial charge in [0, 0.05) is 6.54 Å². The molecule has 0 spiro atoms. The monoisotopic (exact) mass is 232 g/mol. The lowest BCUT2D eigenvalue weighted by molar-refractivity contribution is 0.0981. The minimum absolute atomic E-state index is 0.0679.